The third kappa shape index (κ3) is 3.02. The Kier molecular flexibility index (Phi) is 5.06. The summed E-state index contributed by atoms with van der Waals surface area (Å²) in [6.07, 6.45) is -10.6. The lowest BCUT2D eigenvalue weighted by Gasteiger charge is -2.42. The van der Waals surface area contributed by atoms with Crippen LogP contribution in [0.4, 0.5) is 30.7 Å². The van der Waals surface area contributed by atoms with Gasteiger partial charge in [-0.3, -0.25) is 9.59 Å². The largest absolute Gasteiger partial charge is 0.480 e. The molecule has 1 amide bonds. The first-order valence-electron chi connectivity index (χ1n) is 10.2. The minimum Gasteiger partial charge on any atom is -0.480 e. The number of fused-ring (bicyclic) bond motifs is 3. The maximum Gasteiger partial charge on any atom is 0.435 e. The Labute approximate surface area is 178 Å². The van der Waals surface area contributed by atoms with Gasteiger partial charge in [-0.2, -0.15) is 26.3 Å². The summed E-state index contributed by atoms with van der Waals surface area (Å²) < 4.78 is 93.0. The SMILES string of the molecule is O=C(O)C1(C(=O)N2CCC3c4ccc(C(F)(C(F)(F)F)C(F)(F)F)cc4CC[C@H]32)CCC1. The van der Waals surface area contributed by atoms with Crippen molar-refractivity contribution in [1.82, 2.24) is 4.90 Å². The summed E-state index contributed by atoms with van der Waals surface area (Å²) in [6, 6.07) is 1.83. The lowest BCUT2D eigenvalue weighted by Crippen LogP contribution is -2.54. The second-order valence-corrected chi connectivity index (χ2v) is 8.81. The number of carbonyl (C=O) groups excluding carboxylic acids is 1. The Balaban J connectivity index is 1.65. The summed E-state index contributed by atoms with van der Waals surface area (Å²) in [5, 5.41) is 9.54. The van der Waals surface area contributed by atoms with Crippen molar-refractivity contribution in [2.75, 3.05) is 6.54 Å². The Morgan fingerprint density at radius 2 is 1.62 bits per heavy atom. The number of amides is 1. The number of alkyl halides is 7. The molecular formula is C21H20F7NO3. The van der Waals surface area contributed by atoms with Crippen LogP contribution in [0.3, 0.4) is 0 Å². The summed E-state index contributed by atoms with van der Waals surface area (Å²) in [6.45, 7) is 0.253. The first-order valence-corrected chi connectivity index (χ1v) is 10.2. The van der Waals surface area contributed by atoms with Crippen LogP contribution in [0.5, 0.6) is 0 Å². The van der Waals surface area contributed by atoms with E-state index >= 15 is 0 Å². The summed E-state index contributed by atoms with van der Waals surface area (Å²) in [4.78, 5) is 26.2. The maximum atomic E-state index is 14.4. The lowest BCUT2D eigenvalue weighted by atomic mass is 9.67. The van der Waals surface area contributed by atoms with Crippen molar-refractivity contribution in [2.24, 2.45) is 5.41 Å². The van der Waals surface area contributed by atoms with Crippen LogP contribution in [-0.4, -0.2) is 46.8 Å². The van der Waals surface area contributed by atoms with Crippen LogP contribution in [-0.2, 0) is 21.7 Å². The van der Waals surface area contributed by atoms with Gasteiger partial charge in [0.15, 0.2) is 0 Å². The number of likely N-dealkylation sites (tertiary alicyclic amines) is 1. The van der Waals surface area contributed by atoms with Gasteiger partial charge in [0.05, 0.1) is 0 Å². The van der Waals surface area contributed by atoms with Crippen LogP contribution in [0.1, 0.15) is 54.7 Å². The van der Waals surface area contributed by atoms with Crippen molar-refractivity contribution >= 4 is 11.9 Å². The molecule has 2 fully saturated rings. The predicted molar refractivity (Wildman–Crippen MR) is 96.4 cm³/mol. The molecule has 0 radical (unpaired) electrons. The zero-order valence-electron chi connectivity index (χ0n) is 16.7. The molecule has 0 spiro atoms. The van der Waals surface area contributed by atoms with Gasteiger partial charge >= 0.3 is 24.0 Å². The highest BCUT2D eigenvalue weighted by Crippen LogP contribution is 2.54. The number of carboxylic acid groups (broad SMARTS) is 1. The van der Waals surface area contributed by atoms with Crippen LogP contribution >= 0.6 is 0 Å². The molecule has 4 nitrogen and oxygen atoms in total. The Morgan fingerprint density at radius 1 is 1.00 bits per heavy atom. The monoisotopic (exact) mass is 467 g/mol. The van der Waals surface area contributed by atoms with E-state index < -0.39 is 46.9 Å². The van der Waals surface area contributed by atoms with Gasteiger partial charge in [0.2, 0.25) is 5.91 Å². The molecular weight excluding hydrogens is 447 g/mol. The lowest BCUT2D eigenvalue weighted by molar-refractivity contribution is -0.348. The topological polar surface area (TPSA) is 57.6 Å². The molecule has 176 valence electrons. The first kappa shape index (κ1) is 22.8. The van der Waals surface area contributed by atoms with Gasteiger partial charge in [-0.15, -0.1) is 0 Å². The number of halogens is 7. The molecule has 32 heavy (non-hydrogen) atoms. The van der Waals surface area contributed by atoms with E-state index in [0.29, 0.717) is 30.5 Å². The highest BCUT2D eigenvalue weighted by atomic mass is 19.4. The van der Waals surface area contributed by atoms with E-state index in [1.165, 1.54) is 4.90 Å². The van der Waals surface area contributed by atoms with Gasteiger partial charge < -0.3 is 10.0 Å². The number of aryl methyl sites for hydroxylation is 1. The number of hydrogen-bond acceptors (Lipinski definition) is 2. The highest BCUT2D eigenvalue weighted by molar-refractivity contribution is 6.03. The minimum absolute atomic E-state index is 0.0555. The molecule has 1 saturated carbocycles. The van der Waals surface area contributed by atoms with E-state index in [0.717, 1.165) is 6.07 Å². The number of nitrogens with zero attached hydrogens (tertiary/aromatic N) is 1. The molecule has 1 aromatic rings. The molecule has 1 aliphatic heterocycles. The highest BCUT2D eigenvalue weighted by Gasteiger charge is 2.73. The van der Waals surface area contributed by atoms with Gasteiger partial charge in [-0.1, -0.05) is 24.6 Å². The van der Waals surface area contributed by atoms with E-state index in [9.17, 15) is 45.4 Å². The molecule has 1 N–H and O–H groups in total. The molecule has 2 atom stereocenters. The average Bonchev–Trinajstić information content (AvgIpc) is 3.08. The number of carbonyl (C=O) groups is 2. The normalized spacial score (nSPS) is 25.0. The summed E-state index contributed by atoms with van der Waals surface area (Å²) in [5.74, 6) is -2.02. The Morgan fingerprint density at radius 3 is 2.12 bits per heavy atom. The van der Waals surface area contributed by atoms with Gasteiger partial charge in [0.1, 0.15) is 5.41 Å². The standard InChI is InChI=1S/C21H20F7NO3/c22-19(20(23,24)25,21(26,27)28)12-3-4-13-11(10-12)2-5-15-14(13)6-9-29(15)16(30)18(17(31)32)7-1-8-18/h3-4,10,14-15H,1-2,5-9H2,(H,31,32)/t14?,15-/m1/s1. The molecule has 4 rings (SSSR count). The van der Waals surface area contributed by atoms with Crippen molar-refractivity contribution in [1.29, 1.82) is 0 Å². The molecule has 1 saturated heterocycles. The van der Waals surface area contributed by atoms with E-state index in [1.54, 1.807) is 0 Å². The Hall–Kier alpha value is -2.33. The van der Waals surface area contributed by atoms with Gasteiger partial charge in [0, 0.05) is 24.1 Å². The van der Waals surface area contributed by atoms with Crippen LogP contribution in [0.25, 0.3) is 0 Å². The van der Waals surface area contributed by atoms with Crippen LogP contribution in [0, 0.1) is 5.41 Å². The molecule has 11 heteroatoms. The second-order valence-electron chi connectivity index (χ2n) is 8.81. The van der Waals surface area contributed by atoms with Crippen LogP contribution < -0.4 is 0 Å². The minimum atomic E-state index is -6.18. The zero-order valence-corrected chi connectivity index (χ0v) is 16.7. The smallest absolute Gasteiger partial charge is 0.435 e. The number of carboxylic acids is 1. The fourth-order valence-electron chi connectivity index (χ4n) is 5.34. The fraction of sp³-hybridized carbons (Fsp3) is 0.619. The first-order chi connectivity index (χ1) is 14.7. The summed E-state index contributed by atoms with van der Waals surface area (Å²) in [7, 11) is 0. The van der Waals surface area contributed by atoms with E-state index in [4.69, 9.17) is 0 Å². The average molecular weight is 467 g/mol. The number of benzene rings is 1. The quantitative estimate of drug-likeness (QED) is 0.510. The van der Waals surface area contributed by atoms with Crippen LogP contribution in [0.2, 0.25) is 0 Å². The van der Waals surface area contributed by atoms with E-state index in [2.05, 4.69) is 0 Å². The molecule has 1 aromatic carbocycles. The number of rotatable bonds is 3. The van der Waals surface area contributed by atoms with Crippen molar-refractivity contribution in [3.63, 3.8) is 0 Å². The van der Waals surface area contributed by atoms with Crippen LogP contribution in [0.15, 0.2) is 18.2 Å². The molecule has 2 aliphatic carbocycles. The molecule has 0 bridgehead atoms. The summed E-state index contributed by atoms with van der Waals surface area (Å²) >= 11 is 0. The molecule has 1 unspecified atom stereocenters. The van der Waals surface area contributed by atoms with Crippen molar-refractivity contribution < 1.29 is 45.4 Å². The van der Waals surface area contributed by atoms with Gasteiger partial charge in [0.25, 0.3) is 0 Å². The van der Waals surface area contributed by atoms with Gasteiger partial charge in [-0.05, 0) is 43.2 Å². The number of hydrogen-bond donors (Lipinski definition) is 1. The zero-order chi connectivity index (χ0) is 23.7. The van der Waals surface area contributed by atoms with Gasteiger partial charge in [-0.25, -0.2) is 4.39 Å². The Bertz CT molecular complexity index is 938. The molecule has 1 heterocycles. The van der Waals surface area contributed by atoms with Crippen molar-refractivity contribution in [2.45, 2.75) is 68.5 Å². The van der Waals surface area contributed by atoms with Crippen molar-refractivity contribution in [3.05, 3.63) is 34.9 Å². The molecule has 0 aromatic heterocycles. The fourth-order valence-corrected chi connectivity index (χ4v) is 5.34. The van der Waals surface area contributed by atoms with Crippen molar-refractivity contribution in [3.8, 4) is 0 Å². The maximum absolute atomic E-state index is 14.4. The molecule has 3 aliphatic rings. The summed E-state index contributed by atoms with van der Waals surface area (Å²) in [5.41, 5.74) is -7.79. The third-order valence-corrected chi connectivity index (χ3v) is 7.26. The second kappa shape index (κ2) is 7.08. The van der Waals surface area contributed by atoms with E-state index in [-0.39, 0.29) is 43.7 Å². The number of aliphatic carboxylic acids is 1. The third-order valence-electron chi connectivity index (χ3n) is 7.26. The predicted octanol–water partition coefficient (Wildman–Crippen LogP) is 4.86. The van der Waals surface area contributed by atoms with E-state index in [1.807, 2.05) is 0 Å².